The highest BCUT2D eigenvalue weighted by Crippen LogP contribution is 2.25. The number of nitrogens with zero attached hydrogens (tertiary/aromatic N) is 1. The molecule has 1 aliphatic rings. The topological polar surface area (TPSA) is 21.6 Å². The molecule has 0 spiro atoms. The molecular weight excluding hydrogens is 330 g/mol. The largest absolute Gasteiger partial charge is 0.392 e. The molecule has 27 heavy (non-hydrogen) atoms. The molecule has 1 heterocycles. The molecule has 0 N–H and O–H groups in total. The van der Waals surface area contributed by atoms with E-state index in [4.69, 9.17) is 4.84 Å². The minimum absolute atomic E-state index is 0.126. The van der Waals surface area contributed by atoms with E-state index in [9.17, 15) is 0 Å². The molecule has 0 saturated heterocycles. The third kappa shape index (κ3) is 3.19. The zero-order chi connectivity index (χ0) is 18.1. The van der Waals surface area contributed by atoms with Crippen LogP contribution in [0.5, 0.6) is 0 Å². The summed E-state index contributed by atoms with van der Waals surface area (Å²) in [5.41, 5.74) is 3.79. The highest BCUT2D eigenvalue weighted by Gasteiger charge is 2.22. The van der Waals surface area contributed by atoms with E-state index in [1.54, 1.807) is 0 Å². The number of hydrogen-bond donors (Lipinski definition) is 0. The van der Waals surface area contributed by atoms with Crippen molar-refractivity contribution in [2.45, 2.75) is 25.4 Å². The molecule has 0 aliphatic carbocycles. The van der Waals surface area contributed by atoms with Gasteiger partial charge in [-0.25, -0.2) is 0 Å². The van der Waals surface area contributed by atoms with Gasteiger partial charge >= 0.3 is 0 Å². The summed E-state index contributed by atoms with van der Waals surface area (Å²) in [6.45, 7) is 0. The molecule has 0 aromatic heterocycles. The number of hydrogen-bond acceptors (Lipinski definition) is 2. The SMILES string of the molecule is c1ccc2c(CC3=NOC(Cc4cccc5ccccc45)C3)cccc2c1. The molecule has 0 radical (unpaired) electrons. The van der Waals surface area contributed by atoms with E-state index in [0.29, 0.717) is 0 Å². The van der Waals surface area contributed by atoms with Gasteiger partial charge in [0, 0.05) is 19.3 Å². The molecule has 1 atom stereocenters. The van der Waals surface area contributed by atoms with Crippen LogP contribution in [0.1, 0.15) is 17.5 Å². The summed E-state index contributed by atoms with van der Waals surface area (Å²) in [6.07, 6.45) is 2.77. The van der Waals surface area contributed by atoms with Crippen molar-refractivity contribution in [1.82, 2.24) is 0 Å². The molecule has 4 aromatic rings. The summed E-state index contributed by atoms with van der Waals surface area (Å²) in [7, 11) is 0. The summed E-state index contributed by atoms with van der Waals surface area (Å²) < 4.78 is 0. The van der Waals surface area contributed by atoms with Crippen molar-refractivity contribution in [2.75, 3.05) is 0 Å². The first kappa shape index (κ1) is 16.1. The quantitative estimate of drug-likeness (QED) is 0.447. The minimum Gasteiger partial charge on any atom is -0.392 e. The van der Waals surface area contributed by atoms with Gasteiger partial charge in [-0.1, -0.05) is 90.1 Å². The second kappa shape index (κ2) is 6.88. The predicted octanol–water partition coefficient (Wildman–Crippen LogP) is 5.92. The molecule has 4 aromatic carbocycles. The Bertz CT molecular complexity index is 1130. The highest BCUT2D eigenvalue weighted by atomic mass is 16.6. The summed E-state index contributed by atoms with van der Waals surface area (Å²) >= 11 is 0. The Kier molecular flexibility index (Phi) is 4.10. The van der Waals surface area contributed by atoms with E-state index >= 15 is 0 Å². The normalized spacial score (nSPS) is 16.4. The Balaban J connectivity index is 1.32. The Morgan fingerprint density at radius 2 is 1.30 bits per heavy atom. The van der Waals surface area contributed by atoms with E-state index in [1.165, 1.54) is 32.7 Å². The monoisotopic (exact) mass is 351 g/mol. The molecule has 2 heteroatoms. The molecule has 1 aliphatic heterocycles. The van der Waals surface area contributed by atoms with Crippen LogP contribution in [0.4, 0.5) is 0 Å². The summed E-state index contributed by atoms with van der Waals surface area (Å²) in [5.74, 6) is 0. The molecule has 2 nitrogen and oxygen atoms in total. The fourth-order valence-corrected chi connectivity index (χ4v) is 4.08. The van der Waals surface area contributed by atoms with Gasteiger partial charge in [0.25, 0.3) is 0 Å². The van der Waals surface area contributed by atoms with E-state index in [-0.39, 0.29) is 6.10 Å². The Morgan fingerprint density at radius 1 is 0.704 bits per heavy atom. The zero-order valence-corrected chi connectivity index (χ0v) is 15.1. The zero-order valence-electron chi connectivity index (χ0n) is 15.1. The first-order valence-electron chi connectivity index (χ1n) is 9.52. The van der Waals surface area contributed by atoms with Crippen LogP contribution in [0.3, 0.4) is 0 Å². The second-order valence-corrected chi connectivity index (χ2v) is 7.25. The number of oxime groups is 1. The van der Waals surface area contributed by atoms with Gasteiger partial charge in [0.2, 0.25) is 0 Å². The van der Waals surface area contributed by atoms with Crippen LogP contribution in [0.2, 0.25) is 0 Å². The number of benzene rings is 4. The highest BCUT2D eigenvalue weighted by molar-refractivity contribution is 5.93. The maximum atomic E-state index is 5.79. The lowest BCUT2D eigenvalue weighted by atomic mass is 9.95. The van der Waals surface area contributed by atoms with Crippen LogP contribution in [0, 0.1) is 0 Å². The van der Waals surface area contributed by atoms with E-state index < -0.39 is 0 Å². The van der Waals surface area contributed by atoms with Gasteiger partial charge in [-0.15, -0.1) is 0 Å². The Hall–Kier alpha value is -3.13. The van der Waals surface area contributed by atoms with Gasteiger partial charge in [-0.3, -0.25) is 0 Å². The van der Waals surface area contributed by atoms with Gasteiger partial charge < -0.3 is 4.84 Å². The van der Waals surface area contributed by atoms with Crippen LogP contribution in [-0.2, 0) is 17.7 Å². The van der Waals surface area contributed by atoms with Crippen molar-refractivity contribution in [3.8, 4) is 0 Å². The molecule has 0 fully saturated rings. The smallest absolute Gasteiger partial charge is 0.136 e. The lowest BCUT2D eigenvalue weighted by Crippen LogP contribution is -2.12. The van der Waals surface area contributed by atoms with Crippen LogP contribution in [0.15, 0.2) is 90.1 Å². The second-order valence-electron chi connectivity index (χ2n) is 7.25. The van der Waals surface area contributed by atoms with Crippen molar-refractivity contribution < 1.29 is 4.84 Å². The number of rotatable bonds is 4. The van der Waals surface area contributed by atoms with E-state index in [2.05, 4.69) is 90.1 Å². The van der Waals surface area contributed by atoms with Crippen molar-refractivity contribution in [3.05, 3.63) is 96.1 Å². The first-order valence-corrected chi connectivity index (χ1v) is 9.52. The summed E-state index contributed by atoms with van der Waals surface area (Å²) in [6, 6.07) is 30.1. The molecule has 132 valence electrons. The van der Waals surface area contributed by atoms with Gasteiger partial charge in [0.15, 0.2) is 0 Å². The Morgan fingerprint density at radius 3 is 2.04 bits per heavy atom. The summed E-state index contributed by atoms with van der Waals surface area (Å²) in [4.78, 5) is 5.79. The van der Waals surface area contributed by atoms with Gasteiger partial charge in [0.1, 0.15) is 6.10 Å². The van der Waals surface area contributed by atoms with Crippen LogP contribution in [0.25, 0.3) is 21.5 Å². The fourth-order valence-electron chi connectivity index (χ4n) is 4.08. The van der Waals surface area contributed by atoms with E-state index in [1.807, 2.05) is 0 Å². The lowest BCUT2D eigenvalue weighted by molar-refractivity contribution is 0.0861. The molecule has 0 amide bonds. The van der Waals surface area contributed by atoms with Crippen molar-refractivity contribution >= 4 is 27.3 Å². The molecule has 0 bridgehead atoms. The van der Waals surface area contributed by atoms with Crippen LogP contribution in [-0.4, -0.2) is 11.8 Å². The van der Waals surface area contributed by atoms with Crippen molar-refractivity contribution in [2.24, 2.45) is 5.16 Å². The molecular formula is C25H21NO. The van der Waals surface area contributed by atoms with Crippen molar-refractivity contribution in [1.29, 1.82) is 0 Å². The maximum Gasteiger partial charge on any atom is 0.136 e. The van der Waals surface area contributed by atoms with Gasteiger partial charge in [-0.2, -0.15) is 0 Å². The Labute approximate surface area is 159 Å². The molecule has 1 unspecified atom stereocenters. The van der Waals surface area contributed by atoms with Crippen LogP contribution >= 0.6 is 0 Å². The molecule has 5 rings (SSSR count). The number of fused-ring (bicyclic) bond motifs is 2. The van der Waals surface area contributed by atoms with Gasteiger partial charge in [0.05, 0.1) is 5.71 Å². The lowest BCUT2D eigenvalue weighted by Gasteiger charge is -2.11. The standard InChI is InChI=1S/C25H21NO/c1-3-13-24-18(7-1)9-5-11-20(24)15-22-17-23(27-26-22)16-21-12-6-10-19-8-2-4-14-25(19)21/h1-14,23H,15-17H2. The van der Waals surface area contributed by atoms with E-state index in [0.717, 1.165) is 25.0 Å². The van der Waals surface area contributed by atoms with Crippen molar-refractivity contribution in [3.63, 3.8) is 0 Å². The average molecular weight is 351 g/mol. The molecule has 0 saturated carbocycles. The summed E-state index contributed by atoms with van der Waals surface area (Å²) in [5, 5.41) is 9.59. The van der Waals surface area contributed by atoms with Gasteiger partial charge in [-0.05, 0) is 32.7 Å². The van der Waals surface area contributed by atoms with Crippen LogP contribution < -0.4 is 0 Å². The maximum absolute atomic E-state index is 5.79. The minimum atomic E-state index is 0.126. The third-order valence-corrected chi connectivity index (χ3v) is 5.40. The first-order chi connectivity index (χ1) is 13.4. The predicted molar refractivity (Wildman–Crippen MR) is 112 cm³/mol. The third-order valence-electron chi connectivity index (χ3n) is 5.40. The fraction of sp³-hybridized carbons (Fsp3) is 0.160. The average Bonchev–Trinajstić information content (AvgIpc) is 3.15.